The summed E-state index contributed by atoms with van der Waals surface area (Å²) < 4.78 is 0. The molecule has 0 radical (unpaired) electrons. The van der Waals surface area contributed by atoms with Gasteiger partial charge in [-0.2, -0.15) is 0 Å². The molecule has 1 saturated heterocycles. The van der Waals surface area contributed by atoms with E-state index in [1.165, 1.54) is 6.42 Å². The predicted octanol–water partition coefficient (Wildman–Crippen LogP) is 1.40. The molecule has 1 fully saturated rings. The third kappa shape index (κ3) is 3.12. The number of pyridine rings is 1. The Bertz CT molecular complexity index is 427. The van der Waals surface area contributed by atoms with Crippen LogP contribution in [0.3, 0.4) is 0 Å². The van der Waals surface area contributed by atoms with E-state index in [0.717, 1.165) is 31.5 Å². The molecule has 0 bridgehead atoms. The van der Waals surface area contributed by atoms with E-state index in [9.17, 15) is 4.79 Å². The molecule has 0 unspecified atom stereocenters. The number of likely N-dealkylation sites (tertiary alicyclic amines) is 1. The minimum atomic E-state index is 0.122. The van der Waals surface area contributed by atoms with E-state index in [4.69, 9.17) is 5.73 Å². The number of nitrogens with two attached hydrogens (primary N) is 1. The number of nitrogens with zero attached hydrogens (tertiary/aromatic N) is 2. The average Bonchev–Trinajstić information content (AvgIpc) is 2.38. The molecule has 2 heterocycles. The van der Waals surface area contributed by atoms with Gasteiger partial charge < -0.3 is 16.0 Å². The van der Waals surface area contributed by atoms with Gasteiger partial charge in [0.2, 0.25) is 5.91 Å². The van der Waals surface area contributed by atoms with Crippen LogP contribution in [0.4, 0.5) is 11.5 Å². The number of rotatable bonds is 3. The summed E-state index contributed by atoms with van der Waals surface area (Å²) >= 11 is 0. The monoisotopic (exact) mass is 248 g/mol. The SMILES string of the molecule is Cc1cnc(NCC(=O)N2CCCCC2)c(N)c1. The van der Waals surface area contributed by atoms with Crippen LogP contribution in [0, 0.1) is 6.92 Å². The highest BCUT2D eigenvalue weighted by Gasteiger charge is 2.16. The van der Waals surface area contributed by atoms with Crippen molar-refractivity contribution in [3.05, 3.63) is 17.8 Å². The van der Waals surface area contributed by atoms with E-state index in [1.807, 2.05) is 17.9 Å². The normalized spacial score (nSPS) is 15.5. The van der Waals surface area contributed by atoms with Crippen molar-refractivity contribution in [2.45, 2.75) is 26.2 Å². The zero-order chi connectivity index (χ0) is 13.0. The van der Waals surface area contributed by atoms with Crippen LogP contribution in [-0.2, 0) is 4.79 Å². The summed E-state index contributed by atoms with van der Waals surface area (Å²) in [6, 6.07) is 1.85. The summed E-state index contributed by atoms with van der Waals surface area (Å²) in [5, 5.41) is 3.01. The van der Waals surface area contributed by atoms with Crippen LogP contribution in [0.1, 0.15) is 24.8 Å². The van der Waals surface area contributed by atoms with E-state index in [-0.39, 0.29) is 12.5 Å². The Hall–Kier alpha value is -1.78. The topological polar surface area (TPSA) is 71.2 Å². The van der Waals surface area contributed by atoms with Crippen LogP contribution < -0.4 is 11.1 Å². The first-order valence-corrected chi connectivity index (χ1v) is 6.40. The van der Waals surface area contributed by atoms with Crippen molar-refractivity contribution < 1.29 is 4.79 Å². The van der Waals surface area contributed by atoms with Crippen molar-refractivity contribution in [3.63, 3.8) is 0 Å². The molecule has 0 saturated carbocycles. The van der Waals surface area contributed by atoms with Gasteiger partial charge in [-0.15, -0.1) is 0 Å². The lowest BCUT2D eigenvalue weighted by Crippen LogP contribution is -2.39. The molecule has 1 aromatic heterocycles. The van der Waals surface area contributed by atoms with Crippen molar-refractivity contribution in [2.24, 2.45) is 0 Å². The lowest BCUT2D eigenvalue weighted by atomic mass is 10.1. The molecule has 0 spiro atoms. The van der Waals surface area contributed by atoms with Gasteiger partial charge in [0.05, 0.1) is 12.2 Å². The zero-order valence-electron chi connectivity index (χ0n) is 10.8. The van der Waals surface area contributed by atoms with Gasteiger partial charge in [-0.25, -0.2) is 4.98 Å². The van der Waals surface area contributed by atoms with Crippen LogP contribution in [0.15, 0.2) is 12.3 Å². The second-order valence-electron chi connectivity index (χ2n) is 4.75. The van der Waals surface area contributed by atoms with E-state index in [0.29, 0.717) is 11.5 Å². The van der Waals surface area contributed by atoms with Crippen LogP contribution in [0.5, 0.6) is 0 Å². The minimum absolute atomic E-state index is 0.122. The Morgan fingerprint density at radius 3 is 2.83 bits per heavy atom. The maximum Gasteiger partial charge on any atom is 0.241 e. The fraction of sp³-hybridized carbons (Fsp3) is 0.538. The van der Waals surface area contributed by atoms with Crippen molar-refractivity contribution in [1.82, 2.24) is 9.88 Å². The fourth-order valence-corrected chi connectivity index (χ4v) is 2.15. The number of nitrogens with one attached hydrogen (secondary N) is 1. The third-order valence-electron chi connectivity index (χ3n) is 3.17. The van der Waals surface area contributed by atoms with Gasteiger partial charge in [0.25, 0.3) is 0 Å². The molecule has 1 aliphatic rings. The lowest BCUT2D eigenvalue weighted by molar-refractivity contribution is -0.130. The number of carbonyl (C=O) groups excluding carboxylic acids is 1. The molecule has 1 amide bonds. The zero-order valence-corrected chi connectivity index (χ0v) is 10.8. The number of hydrogen-bond donors (Lipinski definition) is 2. The van der Waals surface area contributed by atoms with E-state index >= 15 is 0 Å². The molecule has 5 heteroatoms. The molecule has 18 heavy (non-hydrogen) atoms. The highest BCUT2D eigenvalue weighted by Crippen LogP contribution is 2.16. The number of aryl methyl sites for hydroxylation is 1. The van der Waals surface area contributed by atoms with E-state index in [2.05, 4.69) is 10.3 Å². The molecule has 0 aromatic carbocycles. The fourth-order valence-electron chi connectivity index (χ4n) is 2.15. The predicted molar refractivity (Wildman–Crippen MR) is 72.3 cm³/mol. The molecular weight excluding hydrogens is 228 g/mol. The number of piperidine rings is 1. The molecule has 1 aromatic rings. The first-order valence-electron chi connectivity index (χ1n) is 6.40. The summed E-state index contributed by atoms with van der Waals surface area (Å²) in [5.41, 5.74) is 7.44. The van der Waals surface area contributed by atoms with Gasteiger partial charge in [-0.05, 0) is 37.8 Å². The van der Waals surface area contributed by atoms with Crippen LogP contribution in [0.2, 0.25) is 0 Å². The molecule has 0 atom stereocenters. The summed E-state index contributed by atoms with van der Waals surface area (Å²) in [5.74, 6) is 0.711. The van der Waals surface area contributed by atoms with Gasteiger partial charge in [-0.1, -0.05) is 0 Å². The van der Waals surface area contributed by atoms with Gasteiger partial charge in [-0.3, -0.25) is 4.79 Å². The molecule has 1 aliphatic heterocycles. The summed E-state index contributed by atoms with van der Waals surface area (Å²) in [7, 11) is 0. The summed E-state index contributed by atoms with van der Waals surface area (Å²) in [6.07, 6.45) is 5.18. The Balaban J connectivity index is 1.88. The summed E-state index contributed by atoms with van der Waals surface area (Å²) in [4.78, 5) is 18.0. The first-order chi connectivity index (χ1) is 8.66. The average molecular weight is 248 g/mol. The first kappa shape index (κ1) is 12.7. The van der Waals surface area contributed by atoms with Crippen LogP contribution in [0.25, 0.3) is 0 Å². The Kier molecular flexibility index (Phi) is 4.02. The molecular formula is C13H20N4O. The second-order valence-corrected chi connectivity index (χ2v) is 4.75. The van der Waals surface area contributed by atoms with Gasteiger partial charge in [0.1, 0.15) is 5.82 Å². The van der Waals surface area contributed by atoms with Crippen molar-refractivity contribution in [1.29, 1.82) is 0 Å². The third-order valence-corrected chi connectivity index (χ3v) is 3.17. The minimum Gasteiger partial charge on any atom is -0.396 e. The molecule has 2 rings (SSSR count). The highest BCUT2D eigenvalue weighted by atomic mass is 16.2. The highest BCUT2D eigenvalue weighted by molar-refractivity contribution is 5.81. The lowest BCUT2D eigenvalue weighted by Gasteiger charge is -2.26. The largest absolute Gasteiger partial charge is 0.396 e. The molecule has 98 valence electrons. The quantitative estimate of drug-likeness (QED) is 0.848. The molecule has 3 N–H and O–H groups in total. The number of carbonyl (C=O) groups is 1. The smallest absolute Gasteiger partial charge is 0.241 e. The molecule has 5 nitrogen and oxygen atoms in total. The number of amides is 1. The Morgan fingerprint density at radius 2 is 2.17 bits per heavy atom. The second kappa shape index (κ2) is 5.71. The molecule has 0 aliphatic carbocycles. The number of anilines is 2. The Labute approximate surface area is 107 Å². The van der Waals surface area contributed by atoms with Gasteiger partial charge >= 0.3 is 0 Å². The van der Waals surface area contributed by atoms with E-state index in [1.54, 1.807) is 6.20 Å². The number of nitrogen functional groups attached to an aromatic ring is 1. The van der Waals surface area contributed by atoms with Gasteiger partial charge in [0.15, 0.2) is 0 Å². The standard InChI is InChI=1S/C13H20N4O/c1-10-7-11(14)13(15-8-10)16-9-12(18)17-5-3-2-4-6-17/h7-8H,2-6,9,14H2,1H3,(H,15,16). The van der Waals surface area contributed by atoms with Crippen LogP contribution in [-0.4, -0.2) is 35.4 Å². The van der Waals surface area contributed by atoms with Gasteiger partial charge in [0, 0.05) is 19.3 Å². The van der Waals surface area contributed by atoms with Crippen molar-refractivity contribution in [3.8, 4) is 0 Å². The van der Waals surface area contributed by atoms with Crippen LogP contribution >= 0.6 is 0 Å². The number of hydrogen-bond acceptors (Lipinski definition) is 4. The van der Waals surface area contributed by atoms with E-state index < -0.39 is 0 Å². The van der Waals surface area contributed by atoms with Crippen molar-refractivity contribution in [2.75, 3.05) is 30.7 Å². The maximum atomic E-state index is 11.9. The summed E-state index contributed by atoms with van der Waals surface area (Å²) in [6.45, 7) is 3.95. The number of aromatic nitrogens is 1. The Morgan fingerprint density at radius 1 is 1.44 bits per heavy atom. The van der Waals surface area contributed by atoms with Crippen molar-refractivity contribution >= 4 is 17.4 Å². The maximum absolute atomic E-state index is 11.9.